The number of amides is 1. The van der Waals surface area contributed by atoms with Crippen molar-refractivity contribution in [3.63, 3.8) is 0 Å². The van der Waals surface area contributed by atoms with Crippen molar-refractivity contribution in [1.82, 2.24) is 4.90 Å². The van der Waals surface area contributed by atoms with Crippen LogP contribution in [0, 0.1) is 23.2 Å². The Bertz CT molecular complexity index is 960. The molecule has 5 fully saturated rings. The van der Waals surface area contributed by atoms with Gasteiger partial charge < -0.3 is 4.90 Å². The Kier molecular flexibility index (Phi) is 3.43. The van der Waals surface area contributed by atoms with Crippen LogP contribution in [0.4, 0.5) is 0 Å². The van der Waals surface area contributed by atoms with Crippen molar-refractivity contribution in [2.45, 2.75) is 62.9 Å². The Labute approximate surface area is 172 Å². The lowest BCUT2D eigenvalue weighted by Gasteiger charge is -2.66. The summed E-state index contributed by atoms with van der Waals surface area (Å²) in [6.07, 6.45) is 5.92. The van der Waals surface area contributed by atoms with Crippen LogP contribution >= 0.6 is 11.6 Å². The van der Waals surface area contributed by atoms with E-state index in [2.05, 4.69) is 61.2 Å². The van der Waals surface area contributed by atoms with Crippen LogP contribution in [-0.2, 0) is 4.79 Å². The van der Waals surface area contributed by atoms with E-state index in [0.29, 0.717) is 23.8 Å². The molecule has 2 nitrogen and oxygen atoms in total. The zero-order chi connectivity index (χ0) is 19.3. The number of hydrogen-bond donors (Lipinski definition) is 0. The highest BCUT2D eigenvalue weighted by Gasteiger charge is 2.64. The largest absolute Gasteiger partial charge is 0.330 e. The average molecular weight is 394 g/mol. The van der Waals surface area contributed by atoms with Gasteiger partial charge in [-0.2, -0.15) is 0 Å². The normalized spacial score (nSPS) is 40.8. The van der Waals surface area contributed by atoms with Crippen molar-refractivity contribution >= 4 is 28.3 Å². The molecule has 4 unspecified atom stereocenters. The highest BCUT2D eigenvalue weighted by atomic mass is 35.5. The first-order chi connectivity index (χ1) is 13.4. The second kappa shape index (κ2) is 5.53. The Hall–Kier alpha value is -1.54. The molecule has 4 aliphatic carbocycles. The van der Waals surface area contributed by atoms with Gasteiger partial charge in [0.25, 0.3) is 0 Å². The summed E-state index contributed by atoms with van der Waals surface area (Å²) >= 11 is 6.98. The van der Waals surface area contributed by atoms with Crippen LogP contribution in [0.25, 0.3) is 10.8 Å². The molecule has 2 aromatic rings. The molecule has 0 N–H and O–H groups in total. The number of carbonyl (C=O) groups excluding carboxylic acids is 1. The maximum absolute atomic E-state index is 13.4. The lowest BCUT2D eigenvalue weighted by Crippen LogP contribution is -2.70. The van der Waals surface area contributed by atoms with Crippen LogP contribution < -0.4 is 0 Å². The van der Waals surface area contributed by atoms with Gasteiger partial charge in [0.15, 0.2) is 0 Å². The molecule has 2 aromatic carbocycles. The Morgan fingerprint density at radius 3 is 2.36 bits per heavy atom. The molecule has 1 saturated heterocycles. The summed E-state index contributed by atoms with van der Waals surface area (Å²) in [5.74, 6) is 2.29. The van der Waals surface area contributed by atoms with E-state index < -0.39 is 0 Å². The van der Waals surface area contributed by atoms with E-state index in [1.54, 1.807) is 0 Å². The average Bonchev–Trinajstić information content (AvgIpc) is 2.65. The maximum atomic E-state index is 13.4. The van der Waals surface area contributed by atoms with Gasteiger partial charge in [-0.3, -0.25) is 4.79 Å². The van der Waals surface area contributed by atoms with Crippen molar-refractivity contribution in [2.75, 3.05) is 0 Å². The second-order valence-electron chi connectivity index (χ2n) is 10.5. The molecular weight excluding hydrogens is 366 g/mol. The van der Waals surface area contributed by atoms with E-state index >= 15 is 0 Å². The SMILES string of the molecule is CC1(C)C(=O)N(C2[C@@H]3CC4C[C@H]2CC(Cl)(C4)C3)C1c1cccc2ccccc12. The number of benzene rings is 2. The first kappa shape index (κ1) is 17.3. The molecule has 4 saturated carbocycles. The number of likely N-dealkylation sites (tertiary alicyclic amines) is 1. The van der Waals surface area contributed by atoms with Gasteiger partial charge in [-0.05, 0) is 80.0 Å². The fourth-order valence-corrected chi connectivity index (χ4v) is 8.15. The Morgan fingerprint density at radius 2 is 1.64 bits per heavy atom. The fraction of sp³-hybridized carbons (Fsp3) is 0.560. The molecule has 1 amide bonds. The molecule has 0 spiro atoms. The van der Waals surface area contributed by atoms with E-state index in [9.17, 15) is 4.79 Å². The smallest absolute Gasteiger partial charge is 0.231 e. The van der Waals surface area contributed by atoms with Crippen LogP contribution in [-0.4, -0.2) is 21.7 Å². The van der Waals surface area contributed by atoms with Gasteiger partial charge in [-0.1, -0.05) is 42.5 Å². The molecule has 0 aromatic heterocycles. The zero-order valence-electron chi connectivity index (χ0n) is 16.7. The van der Waals surface area contributed by atoms with Crippen molar-refractivity contribution in [1.29, 1.82) is 0 Å². The predicted molar refractivity (Wildman–Crippen MR) is 113 cm³/mol. The zero-order valence-corrected chi connectivity index (χ0v) is 17.5. The van der Waals surface area contributed by atoms with Gasteiger partial charge in [0.2, 0.25) is 5.91 Å². The summed E-state index contributed by atoms with van der Waals surface area (Å²) in [5, 5.41) is 2.55. The van der Waals surface area contributed by atoms with Gasteiger partial charge in [-0.25, -0.2) is 0 Å². The third-order valence-electron chi connectivity index (χ3n) is 8.34. The lowest BCUT2D eigenvalue weighted by atomic mass is 9.52. The van der Waals surface area contributed by atoms with Crippen LogP contribution in [0.5, 0.6) is 0 Å². The molecule has 7 rings (SSSR count). The van der Waals surface area contributed by atoms with E-state index in [4.69, 9.17) is 11.6 Å². The summed E-state index contributed by atoms with van der Waals surface area (Å²) < 4.78 is 0. The van der Waals surface area contributed by atoms with Crippen molar-refractivity contribution in [3.8, 4) is 0 Å². The third-order valence-corrected chi connectivity index (χ3v) is 8.80. The third kappa shape index (κ3) is 2.19. The molecule has 6 atom stereocenters. The number of β-lactam (4-membered cyclic amide) rings is 1. The Morgan fingerprint density at radius 1 is 0.964 bits per heavy atom. The molecular formula is C25H28ClNO. The topological polar surface area (TPSA) is 20.3 Å². The summed E-state index contributed by atoms with van der Waals surface area (Å²) in [6, 6.07) is 15.7. The number of fused-ring (bicyclic) bond motifs is 1. The van der Waals surface area contributed by atoms with Crippen LogP contribution in [0.2, 0.25) is 0 Å². The van der Waals surface area contributed by atoms with Gasteiger partial charge in [0, 0.05) is 10.9 Å². The van der Waals surface area contributed by atoms with Gasteiger partial charge in [-0.15, -0.1) is 11.6 Å². The molecule has 28 heavy (non-hydrogen) atoms. The minimum atomic E-state index is -0.336. The standard InChI is InChI=1S/C25H28ClNO/c1-24(2)22(20-9-5-7-16-6-3-4-8-19(16)20)27(23(24)28)21-17-10-15-11-18(21)14-25(26,12-15)13-17/h3-9,15,17-18,21-22H,10-14H2,1-2H3/t15?,17-,18+,21?,22?,25?. The fourth-order valence-electron chi connectivity index (χ4n) is 7.54. The van der Waals surface area contributed by atoms with Gasteiger partial charge >= 0.3 is 0 Å². The van der Waals surface area contributed by atoms with Crippen LogP contribution in [0.3, 0.4) is 0 Å². The first-order valence-electron chi connectivity index (χ1n) is 10.9. The van der Waals surface area contributed by atoms with Gasteiger partial charge in [0.1, 0.15) is 0 Å². The highest BCUT2D eigenvalue weighted by molar-refractivity contribution is 6.24. The summed E-state index contributed by atoms with van der Waals surface area (Å²) in [6.45, 7) is 4.27. The molecule has 3 heteroatoms. The minimum absolute atomic E-state index is 0.0192. The summed E-state index contributed by atoms with van der Waals surface area (Å²) in [7, 11) is 0. The molecule has 1 heterocycles. The van der Waals surface area contributed by atoms with Crippen LogP contribution in [0.15, 0.2) is 42.5 Å². The maximum Gasteiger partial charge on any atom is 0.231 e. The van der Waals surface area contributed by atoms with E-state index in [1.165, 1.54) is 35.6 Å². The van der Waals surface area contributed by atoms with E-state index in [-0.39, 0.29) is 16.3 Å². The Balaban J connectivity index is 1.44. The lowest BCUT2D eigenvalue weighted by molar-refractivity contribution is -0.190. The number of alkyl halides is 1. The second-order valence-corrected chi connectivity index (χ2v) is 11.3. The molecule has 4 bridgehead atoms. The van der Waals surface area contributed by atoms with E-state index in [0.717, 1.165) is 18.8 Å². The first-order valence-corrected chi connectivity index (χ1v) is 11.2. The molecule has 5 aliphatic rings. The number of nitrogens with zero attached hydrogens (tertiary/aromatic N) is 1. The molecule has 1 aliphatic heterocycles. The number of carbonyl (C=O) groups is 1. The number of rotatable bonds is 2. The van der Waals surface area contributed by atoms with Crippen molar-refractivity contribution in [2.24, 2.45) is 23.2 Å². The highest BCUT2D eigenvalue weighted by Crippen LogP contribution is 2.63. The molecule has 0 radical (unpaired) electrons. The van der Waals surface area contributed by atoms with Crippen LogP contribution in [0.1, 0.15) is 57.6 Å². The number of hydrogen-bond acceptors (Lipinski definition) is 1. The summed E-state index contributed by atoms with van der Waals surface area (Å²) in [4.78, 5) is 15.7. The van der Waals surface area contributed by atoms with E-state index in [1.807, 2.05) is 0 Å². The summed E-state index contributed by atoms with van der Waals surface area (Å²) in [5.41, 5.74) is 0.981. The quantitative estimate of drug-likeness (QED) is 0.457. The van der Waals surface area contributed by atoms with Crippen molar-refractivity contribution < 1.29 is 4.79 Å². The predicted octanol–water partition coefficient (Wildman–Crippen LogP) is 5.94. The minimum Gasteiger partial charge on any atom is -0.330 e. The van der Waals surface area contributed by atoms with Gasteiger partial charge in [0.05, 0.1) is 11.5 Å². The van der Waals surface area contributed by atoms with Crippen molar-refractivity contribution in [3.05, 3.63) is 48.0 Å². The number of halogens is 1. The monoisotopic (exact) mass is 393 g/mol. The molecule has 146 valence electrons.